The number of thiophene rings is 1. The van der Waals surface area contributed by atoms with E-state index in [4.69, 9.17) is 4.98 Å². The van der Waals surface area contributed by atoms with E-state index in [0.29, 0.717) is 0 Å². The van der Waals surface area contributed by atoms with Gasteiger partial charge in [0.2, 0.25) is 0 Å². The van der Waals surface area contributed by atoms with Crippen molar-refractivity contribution >= 4 is 97.2 Å². The molecule has 0 amide bonds. The van der Waals surface area contributed by atoms with Gasteiger partial charge in [0, 0.05) is 49.9 Å². The van der Waals surface area contributed by atoms with E-state index in [2.05, 4.69) is 164 Å². The summed E-state index contributed by atoms with van der Waals surface area (Å²) in [5, 5.41) is 7.43. The Balaban J connectivity index is 1.08. The average Bonchev–Trinajstić information content (AvgIpc) is 3.93. The second kappa shape index (κ2) is 10.4. The van der Waals surface area contributed by atoms with E-state index in [0.717, 1.165) is 48.5 Å². The number of aromatic nitrogens is 5. The summed E-state index contributed by atoms with van der Waals surface area (Å²) >= 11 is 1.74. The molecule has 12 aromatic rings. The van der Waals surface area contributed by atoms with E-state index < -0.39 is 0 Å². The van der Waals surface area contributed by atoms with E-state index in [-0.39, 0.29) is 0 Å². The normalized spacial score (nSPS) is 12.2. The Morgan fingerprint density at radius 1 is 0.346 bits per heavy atom. The first-order valence-corrected chi connectivity index (χ1v) is 18.3. The van der Waals surface area contributed by atoms with Crippen LogP contribution in [0.4, 0.5) is 0 Å². The zero-order valence-electron chi connectivity index (χ0n) is 27.7. The van der Waals surface area contributed by atoms with Crippen LogP contribution in [0.15, 0.2) is 164 Å². The lowest BCUT2D eigenvalue weighted by Gasteiger charge is -2.11. The van der Waals surface area contributed by atoms with Crippen LogP contribution in [0, 0.1) is 0 Å². The summed E-state index contributed by atoms with van der Waals surface area (Å²) in [5.41, 5.74) is 12.4. The van der Waals surface area contributed by atoms with Gasteiger partial charge in [0.25, 0.3) is 0 Å². The predicted molar refractivity (Wildman–Crippen MR) is 218 cm³/mol. The van der Waals surface area contributed by atoms with Crippen molar-refractivity contribution in [2.75, 3.05) is 0 Å². The highest BCUT2D eigenvalue weighted by Gasteiger charge is 2.19. The summed E-state index contributed by atoms with van der Waals surface area (Å²) in [4.78, 5) is 9.56. The van der Waals surface area contributed by atoms with Crippen LogP contribution in [0.5, 0.6) is 0 Å². The summed E-state index contributed by atoms with van der Waals surface area (Å²) in [5.74, 6) is 0. The van der Waals surface area contributed by atoms with Gasteiger partial charge >= 0.3 is 0 Å². The highest BCUT2D eigenvalue weighted by Crippen LogP contribution is 2.40. The van der Waals surface area contributed by atoms with E-state index in [1.165, 1.54) is 54.4 Å². The molecule has 0 radical (unpaired) electrons. The SMILES string of the molecule is c1cnc2c(c1)sc1cc(-n3c4ccccc4c4cc(-n5c6ccccc6c6cc(-n7c8ccccc8c8ccccc87)ccc65)ccc43)cnc12. The summed E-state index contributed by atoms with van der Waals surface area (Å²) in [6, 6.07) is 55.1. The highest BCUT2D eigenvalue weighted by atomic mass is 32.1. The molecule has 0 unspecified atom stereocenters. The molecular weight excluding hydrogens is 655 g/mol. The number of hydrogen-bond acceptors (Lipinski definition) is 3. The molecule has 0 spiro atoms. The third-order valence-corrected chi connectivity index (χ3v) is 11.8. The first-order valence-electron chi connectivity index (χ1n) is 17.5. The van der Waals surface area contributed by atoms with Gasteiger partial charge in [0.15, 0.2) is 0 Å². The van der Waals surface area contributed by atoms with Gasteiger partial charge in [-0.15, -0.1) is 11.3 Å². The number of benzene rings is 6. The molecule has 52 heavy (non-hydrogen) atoms. The fraction of sp³-hybridized carbons (Fsp3) is 0. The fourth-order valence-electron chi connectivity index (χ4n) is 8.54. The van der Waals surface area contributed by atoms with Crippen LogP contribution in [0.25, 0.3) is 103 Å². The standard InChI is InChI=1S/C46H27N5S/c1-5-14-37-31(10-1)32-11-2-6-15-38(32)49(37)28-19-21-41-35(24-28)33-12-3-7-16-39(33)50(41)29-20-22-42-36(25-29)34-13-4-8-17-40(34)51(42)30-26-44-46(48-27-30)45-43(52-44)18-9-23-47-45/h1-27H. The molecule has 6 heterocycles. The van der Waals surface area contributed by atoms with Gasteiger partial charge in [-0.1, -0.05) is 72.8 Å². The van der Waals surface area contributed by atoms with E-state index >= 15 is 0 Å². The van der Waals surface area contributed by atoms with Crippen LogP contribution in [-0.4, -0.2) is 23.7 Å². The smallest absolute Gasteiger partial charge is 0.107 e. The summed E-state index contributed by atoms with van der Waals surface area (Å²) in [7, 11) is 0. The Hall–Kier alpha value is -6.76. The van der Waals surface area contributed by atoms with Gasteiger partial charge in [-0.3, -0.25) is 9.97 Å². The van der Waals surface area contributed by atoms with Gasteiger partial charge in [-0.2, -0.15) is 0 Å². The zero-order valence-corrected chi connectivity index (χ0v) is 28.5. The van der Waals surface area contributed by atoms with E-state index in [1.54, 1.807) is 11.3 Å². The second-order valence-electron chi connectivity index (χ2n) is 13.5. The van der Waals surface area contributed by atoms with Crippen LogP contribution in [-0.2, 0) is 0 Å². The minimum atomic E-state index is 0.958. The third-order valence-electron chi connectivity index (χ3n) is 10.7. The van der Waals surface area contributed by atoms with Crippen molar-refractivity contribution in [1.82, 2.24) is 23.7 Å². The lowest BCUT2D eigenvalue weighted by Crippen LogP contribution is -1.97. The molecule has 0 atom stereocenters. The molecule has 0 fully saturated rings. The predicted octanol–water partition coefficient (Wildman–Crippen LogP) is 12.1. The molecule has 6 heteroatoms. The molecule has 0 N–H and O–H groups in total. The fourth-order valence-corrected chi connectivity index (χ4v) is 9.59. The first-order chi connectivity index (χ1) is 25.8. The number of nitrogens with zero attached hydrogens (tertiary/aromatic N) is 5. The topological polar surface area (TPSA) is 40.6 Å². The number of fused-ring (bicyclic) bond motifs is 12. The molecule has 0 saturated heterocycles. The van der Waals surface area contributed by atoms with Gasteiger partial charge < -0.3 is 13.7 Å². The van der Waals surface area contributed by atoms with Crippen molar-refractivity contribution in [2.24, 2.45) is 0 Å². The van der Waals surface area contributed by atoms with Crippen molar-refractivity contribution in [3.8, 4) is 17.1 Å². The molecule has 0 aliphatic heterocycles. The molecule has 0 aliphatic carbocycles. The van der Waals surface area contributed by atoms with Crippen molar-refractivity contribution in [3.05, 3.63) is 164 Å². The van der Waals surface area contributed by atoms with E-state index in [1.807, 2.05) is 18.5 Å². The zero-order chi connectivity index (χ0) is 33.9. The van der Waals surface area contributed by atoms with Crippen LogP contribution < -0.4 is 0 Å². The molecule has 0 aliphatic rings. The maximum Gasteiger partial charge on any atom is 0.107 e. The van der Waals surface area contributed by atoms with Crippen LogP contribution in [0.1, 0.15) is 0 Å². The first kappa shape index (κ1) is 28.0. The Morgan fingerprint density at radius 3 is 1.33 bits per heavy atom. The van der Waals surface area contributed by atoms with Crippen molar-refractivity contribution in [3.63, 3.8) is 0 Å². The van der Waals surface area contributed by atoms with Crippen molar-refractivity contribution < 1.29 is 0 Å². The maximum absolute atomic E-state index is 4.95. The highest BCUT2D eigenvalue weighted by molar-refractivity contribution is 7.25. The largest absolute Gasteiger partial charge is 0.309 e. The summed E-state index contributed by atoms with van der Waals surface area (Å²) in [6.07, 6.45) is 3.83. The van der Waals surface area contributed by atoms with E-state index in [9.17, 15) is 0 Å². The minimum absolute atomic E-state index is 0.958. The van der Waals surface area contributed by atoms with Gasteiger partial charge in [0.05, 0.1) is 54.4 Å². The molecule has 0 bridgehead atoms. The lowest BCUT2D eigenvalue weighted by molar-refractivity contribution is 1.15. The van der Waals surface area contributed by atoms with Gasteiger partial charge in [-0.25, -0.2) is 0 Å². The average molecular weight is 682 g/mol. The molecule has 6 aromatic carbocycles. The van der Waals surface area contributed by atoms with Crippen LogP contribution >= 0.6 is 11.3 Å². The third kappa shape index (κ3) is 3.76. The molecule has 6 aromatic heterocycles. The molecular formula is C46H27N5S. The maximum atomic E-state index is 4.95. The Kier molecular flexibility index (Phi) is 5.59. The number of rotatable bonds is 3. The number of pyridine rings is 2. The lowest BCUT2D eigenvalue weighted by atomic mass is 10.1. The number of hydrogen-bond donors (Lipinski definition) is 0. The van der Waals surface area contributed by atoms with Crippen LogP contribution in [0.3, 0.4) is 0 Å². The minimum Gasteiger partial charge on any atom is -0.309 e. The Labute approximate surface area is 300 Å². The second-order valence-corrected chi connectivity index (χ2v) is 14.6. The van der Waals surface area contributed by atoms with Crippen molar-refractivity contribution in [2.45, 2.75) is 0 Å². The quantitative estimate of drug-likeness (QED) is 0.186. The molecule has 12 rings (SSSR count). The molecule has 242 valence electrons. The molecule has 0 saturated carbocycles. The summed E-state index contributed by atoms with van der Waals surface area (Å²) < 4.78 is 9.46. The summed E-state index contributed by atoms with van der Waals surface area (Å²) in [6.45, 7) is 0. The molecule has 5 nitrogen and oxygen atoms in total. The van der Waals surface area contributed by atoms with Crippen LogP contribution in [0.2, 0.25) is 0 Å². The Morgan fingerprint density at radius 2 is 0.788 bits per heavy atom. The Bertz CT molecular complexity index is 3380. The van der Waals surface area contributed by atoms with Gasteiger partial charge in [-0.05, 0) is 78.9 Å². The number of para-hydroxylation sites is 4. The monoisotopic (exact) mass is 681 g/mol. The van der Waals surface area contributed by atoms with Crippen molar-refractivity contribution in [1.29, 1.82) is 0 Å². The van der Waals surface area contributed by atoms with Gasteiger partial charge in [0.1, 0.15) is 11.0 Å².